The number of benzene rings is 2. The van der Waals surface area contributed by atoms with E-state index in [1.54, 1.807) is 12.4 Å². The Morgan fingerprint density at radius 3 is 2.41 bits per heavy atom. The zero-order valence-electron chi connectivity index (χ0n) is 17.0. The molecule has 0 bridgehead atoms. The molecule has 0 radical (unpaired) electrons. The van der Waals surface area contributed by atoms with Gasteiger partial charge < -0.3 is 15.2 Å². The molecule has 5 aromatic rings. The summed E-state index contributed by atoms with van der Waals surface area (Å²) in [5.74, 6) is -0.157. The Labute approximate surface area is 189 Å². The summed E-state index contributed by atoms with van der Waals surface area (Å²) in [4.78, 5) is 21.4. The average Bonchev–Trinajstić information content (AvgIpc) is 3.53. The standard InChI is InChI=1S/C25H19N5OS/c31-24(19-6-8-22(9-7-19)30-14-1-2-15-30)27-20-4-3-5-21(16-20)28-25-29-23(17-32-25)18-10-12-26-13-11-18/h1-17H,(H,27,31)(H,28,29). The fraction of sp³-hybridized carbons (Fsp3) is 0. The van der Waals surface area contributed by atoms with E-state index in [4.69, 9.17) is 0 Å². The zero-order chi connectivity index (χ0) is 21.8. The van der Waals surface area contributed by atoms with Gasteiger partial charge in [0.1, 0.15) is 0 Å². The fourth-order valence-corrected chi connectivity index (χ4v) is 4.02. The number of nitrogens with one attached hydrogen (secondary N) is 2. The Balaban J connectivity index is 1.26. The maximum Gasteiger partial charge on any atom is 0.255 e. The molecule has 0 aliphatic rings. The van der Waals surface area contributed by atoms with Crippen LogP contribution in [0.4, 0.5) is 16.5 Å². The van der Waals surface area contributed by atoms with Gasteiger partial charge in [-0.3, -0.25) is 9.78 Å². The number of carbonyl (C=O) groups is 1. The molecule has 6 nitrogen and oxygen atoms in total. The first-order chi connectivity index (χ1) is 15.7. The third-order valence-electron chi connectivity index (χ3n) is 4.88. The molecule has 2 aromatic carbocycles. The number of hydrogen-bond donors (Lipinski definition) is 2. The minimum absolute atomic E-state index is 0.157. The number of carbonyl (C=O) groups excluding carboxylic acids is 1. The monoisotopic (exact) mass is 437 g/mol. The lowest BCUT2D eigenvalue weighted by Gasteiger charge is -2.09. The highest BCUT2D eigenvalue weighted by atomic mass is 32.1. The summed E-state index contributed by atoms with van der Waals surface area (Å²) >= 11 is 1.52. The molecule has 0 spiro atoms. The van der Waals surface area contributed by atoms with Gasteiger partial charge in [0, 0.05) is 58.4 Å². The van der Waals surface area contributed by atoms with E-state index in [2.05, 4.69) is 20.6 Å². The lowest BCUT2D eigenvalue weighted by atomic mass is 10.2. The van der Waals surface area contributed by atoms with Crippen molar-refractivity contribution >= 4 is 33.8 Å². The zero-order valence-corrected chi connectivity index (χ0v) is 17.8. The molecule has 156 valence electrons. The molecule has 3 aromatic heterocycles. The minimum Gasteiger partial charge on any atom is -0.331 e. The van der Waals surface area contributed by atoms with Gasteiger partial charge in [0.15, 0.2) is 5.13 Å². The highest BCUT2D eigenvalue weighted by Gasteiger charge is 2.08. The predicted molar refractivity (Wildman–Crippen MR) is 129 cm³/mol. The number of nitrogens with zero attached hydrogens (tertiary/aromatic N) is 3. The van der Waals surface area contributed by atoms with Gasteiger partial charge in [-0.15, -0.1) is 11.3 Å². The van der Waals surface area contributed by atoms with Gasteiger partial charge >= 0.3 is 0 Å². The van der Waals surface area contributed by atoms with Crippen LogP contribution in [0.1, 0.15) is 10.4 Å². The number of anilines is 3. The molecule has 7 heteroatoms. The second-order valence-electron chi connectivity index (χ2n) is 7.07. The largest absolute Gasteiger partial charge is 0.331 e. The Morgan fingerprint density at radius 2 is 1.62 bits per heavy atom. The van der Waals surface area contributed by atoms with E-state index in [9.17, 15) is 4.79 Å². The maximum atomic E-state index is 12.7. The SMILES string of the molecule is O=C(Nc1cccc(Nc2nc(-c3ccncc3)cs2)c1)c1ccc(-n2cccc2)cc1. The van der Waals surface area contributed by atoms with Crippen molar-refractivity contribution in [2.45, 2.75) is 0 Å². The summed E-state index contributed by atoms with van der Waals surface area (Å²) in [7, 11) is 0. The van der Waals surface area contributed by atoms with Crippen molar-refractivity contribution in [1.29, 1.82) is 0 Å². The average molecular weight is 438 g/mol. The van der Waals surface area contributed by atoms with Crippen LogP contribution in [0.3, 0.4) is 0 Å². The third-order valence-corrected chi connectivity index (χ3v) is 5.64. The highest BCUT2D eigenvalue weighted by molar-refractivity contribution is 7.14. The van der Waals surface area contributed by atoms with E-state index in [-0.39, 0.29) is 5.91 Å². The molecule has 0 saturated carbocycles. The molecule has 0 atom stereocenters. The molecule has 1 amide bonds. The van der Waals surface area contributed by atoms with Crippen LogP contribution in [0.15, 0.2) is 103 Å². The first-order valence-electron chi connectivity index (χ1n) is 10.0. The molecule has 0 aliphatic carbocycles. The van der Waals surface area contributed by atoms with Gasteiger partial charge in [-0.05, 0) is 66.7 Å². The van der Waals surface area contributed by atoms with Crippen molar-refractivity contribution in [2.24, 2.45) is 0 Å². The van der Waals surface area contributed by atoms with E-state index in [1.807, 2.05) is 95.1 Å². The smallest absolute Gasteiger partial charge is 0.255 e. The van der Waals surface area contributed by atoms with Crippen molar-refractivity contribution in [3.05, 3.63) is 109 Å². The van der Waals surface area contributed by atoms with E-state index in [0.717, 1.165) is 27.8 Å². The van der Waals surface area contributed by atoms with Crippen LogP contribution in [-0.4, -0.2) is 20.4 Å². The molecular weight excluding hydrogens is 418 g/mol. The van der Waals surface area contributed by atoms with E-state index in [0.29, 0.717) is 11.3 Å². The van der Waals surface area contributed by atoms with Crippen molar-refractivity contribution in [3.8, 4) is 16.9 Å². The van der Waals surface area contributed by atoms with Crippen LogP contribution in [0.5, 0.6) is 0 Å². The van der Waals surface area contributed by atoms with E-state index < -0.39 is 0 Å². The quantitative estimate of drug-likeness (QED) is 0.342. The van der Waals surface area contributed by atoms with Crippen LogP contribution in [-0.2, 0) is 0 Å². The third kappa shape index (κ3) is 4.43. The Bertz CT molecular complexity index is 1330. The second kappa shape index (κ2) is 8.87. The molecule has 0 unspecified atom stereocenters. The molecule has 32 heavy (non-hydrogen) atoms. The number of thiazole rings is 1. The summed E-state index contributed by atoms with van der Waals surface area (Å²) in [6.07, 6.45) is 7.44. The predicted octanol–water partition coefficient (Wildman–Crippen LogP) is 5.99. The molecule has 2 N–H and O–H groups in total. The molecule has 0 saturated heterocycles. The normalized spacial score (nSPS) is 10.6. The molecule has 0 fully saturated rings. The van der Waals surface area contributed by atoms with Crippen LogP contribution in [0, 0.1) is 0 Å². The van der Waals surface area contributed by atoms with Crippen molar-refractivity contribution in [1.82, 2.24) is 14.5 Å². The molecule has 0 aliphatic heterocycles. The first-order valence-corrected chi connectivity index (χ1v) is 10.9. The van der Waals surface area contributed by atoms with Crippen molar-refractivity contribution in [3.63, 3.8) is 0 Å². The van der Waals surface area contributed by atoms with Crippen LogP contribution in [0.25, 0.3) is 16.9 Å². The Kier molecular flexibility index (Phi) is 5.47. The Morgan fingerprint density at radius 1 is 0.875 bits per heavy atom. The van der Waals surface area contributed by atoms with Gasteiger partial charge in [0.25, 0.3) is 5.91 Å². The van der Waals surface area contributed by atoms with Crippen LogP contribution >= 0.6 is 11.3 Å². The lowest BCUT2D eigenvalue weighted by Crippen LogP contribution is -2.12. The number of pyridine rings is 1. The first kappa shape index (κ1) is 19.7. The topological polar surface area (TPSA) is 71.8 Å². The van der Waals surface area contributed by atoms with Crippen molar-refractivity contribution in [2.75, 3.05) is 10.6 Å². The van der Waals surface area contributed by atoms with Crippen LogP contribution < -0.4 is 10.6 Å². The second-order valence-corrected chi connectivity index (χ2v) is 7.93. The van der Waals surface area contributed by atoms with Crippen LogP contribution in [0.2, 0.25) is 0 Å². The van der Waals surface area contributed by atoms with E-state index >= 15 is 0 Å². The van der Waals surface area contributed by atoms with Gasteiger partial charge in [0.05, 0.1) is 5.69 Å². The summed E-state index contributed by atoms with van der Waals surface area (Å²) in [6.45, 7) is 0. The summed E-state index contributed by atoms with van der Waals surface area (Å²) in [5, 5.41) is 9.05. The molecular formula is C25H19N5OS. The Hall–Kier alpha value is -4.23. The lowest BCUT2D eigenvalue weighted by molar-refractivity contribution is 0.102. The number of hydrogen-bond acceptors (Lipinski definition) is 5. The van der Waals surface area contributed by atoms with E-state index in [1.165, 1.54) is 11.3 Å². The number of amides is 1. The number of rotatable bonds is 6. The summed E-state index contributed by atoms with van der Waals surface area (Å²) < 4.78 is 2.00. The fourth-order valence-electron chi connectivity index (χ4n) is 3.28. The van der Waals surface area contributed by atoms with Gasteiger partial charge in [-0.2, -0.15) is 0 Å². The number of aromatic nitrogens is 3. The molecule has 5 rings (SSSR count). The van der Waals surface area contributed by atoms with Gasteiger partial charge in [-0.25, -0.2) is 4.98 Å². The maximum absolute atomic E-state index is 12.7. The molecule has 3 heterocycles. The van der Waals surface area contributed by atoms with Gasteiger partial charge in [-0.1, -0.05) is 6.07 Å². The van der Waals surface area contributed by atoms with Crippen molar-refractivity contribution < 1.29 is 4.79 Å². The summed E-state index contributed by atoms with van der Waals surface area (Å²) in [5.41, 5.74) is 5.08. The summed E-state index contributed by atoms with van der Waals surface area (Å²) in [6, 6.07) is 22.9. The minimum atomic E-state index is -0.157. The van der Waals surface area contributed by atoms with Gasteiger partial charge in [0.2, 0.25) is 0 Å². The highest BCUT2D eigenvalue weighted by Crippen LogP contribution is 2.27.